The third-order valence-corrected chi connectivity index (χ3v) is 2.52. The van der Waals surface area contributed by atoms with E-state index in [1.165, 1.54) is 18.4 Å². The van der Waals surface area contributed by atoms with Crippen LogP contribution in [-0.2, 0) is 12.6 Å². The molecule has 0 spiro atoms. The van der Waals surface area contributed by atoms with Crippen molar-refractivity contribution in [3.8, 4) is 11.5 Å². The first-order valence-electron chi connectivity index (χ1n) is 5.66. The molecule has 0 saturated carbocycles. The molecule has 0 aliphatic carbocycles. The van der Waals surface area contributed by atoms with Gasteiger partial charge in [-0.1, -0.05) is 0 Å². The summed E-state index contributed by atoms with van der Waals surface area (Å²) in [5.74, 6) is 0.240. The van der Waals surface area contributed by atoms with Crippen molar-refractivity contribution in [1.29, 1.82) is 0 Å². The highest BCUT2D eigenvalue weighted by Gasteiger charge is 2.30. The van der Waals surface area contributed by atoms with Gasteiger partial charge in [-0.3, -0.25) is 0 Å². The van der Waals surface area contributed by atoms with Crippen LogP contribution in [0.1, 0.15) is 18.2 Å². The fourth-order valence-electron chi connectivity index (χ4n) is 1.64. The zero-order valence-corrected chi connectivity index (χ0v) is 10.1. The van der Waals surface area contributed by atoms with Crippen LogP contribution in [0.5, 0.6) is 0 Å². The Morgan fingerprint density at radius 3 is 2.42 bits per heavy atom. The molecule has 1 N–H and O–H groups in total. The molecule has 3 nitrogen and oxygen atoms in total. The average molecular weight is 271 g/mol. The van der Waals surface area contributed by atoms with Crippen LogP contribution in [-0.4, -0.2) is 16.2 Å². The smallest absolute Gasteiger partial charge is 0.416 e. The number of rotatable bonds is 3. The number of halogens is 3. The summed E-state index contributed by atoms with van der Waals surface area (Å²) in [4.78, 5) is 4.10. The Morgan fingerprint density at radius 1 is 1.26 bits per heavy atom. The average Bonchev–Trinajstić information content (AvgIpc) is 2.75. The summed E-state index contributed by atoms with van der Waals surface area (Å²) in [5, 5.41) is 9.20. The number of aliphatic hydroxyl groups is 1. The fourth-order valence-corrected chi connectivity index (χ4v) is 1.64. The molecule has 0 bridgehead atoms. The van der Waals surface area contributed by atoms with E-state index in [9.17, 15) is 18.3 Å². The second-order valence-corrected chi connectivity index (χ2v) is 4.27. The number of alkyl halides is 3. The highest BCUT2D eigenvalue weighted by Crippen LogP contribution is 2.30. The number of aliphatic hydroxyl groups excluding tert-OH is 1. The molecule has 0 amide bonds. The lowest BCUT2D eigenvalue weighted by atomic mass is 10.1. The standard InChI is InChI=1S/C13H12F3NO2/c1-8(18)6-11-7-19-12(17-11)9-2-4-10(5-3-9)13(14,15)16/h2-5,7-8,18H,6H2,1H3. The van der Waals surface area contributed by atoms with Gasteiger partial charge in [0.05, 0.1) is 17.4 Å². The van der Waals surface area contributed by atoms with Crippen molar-refractivity contribution in [1.82, 2.24) is 4.98 Å². The summed E-state index contributed by atoms with van der Waals surface area (Å²) in [6, 6.07) is 4.57. The van der Waals surface area contributed by atoms with Crippen molar-refractivity contribution in [2.45, 2.75) is 25.6 Å². The van der Waals surface area contributed by atoms with E-state index in [-0.39, 0.29) is 5.89 Å². The monoisotopic (exact) mass is 271 g/mol. The normalized spacial score (nSPS) is 13.5. The lowest BCUT2D eigenvalue weighted by Gasteiger charge is -2.06. The van der Waals surface area contributed by atoms with E-state index in [4.69, 9.17) is 4.42 Å². The molecule has 0 fully saturated rings. The Labute approximate surface area is 107 Å². The van der Waals surface area contributed by atoms with Crippen LogP contribution in [0.2, 0.25) is 0 Å². The van der Waals surface area contributed by atoms with E-state index >= 15 is 0 Å². The van der Waals surface area contributed by atoms with Gasteiger partial charge in [-0.2, -0.15) is 13.2 Å². The van der Waals surface area contributed by atoms with Gasteiger partial charge in [0.2, 0.25) is 5.89 Å². The molecular formula is C13H12F3NO2. The van der Waals surface area contributed by atoms with Gasteiger partial charge in [0, 0.05) is 12.0 Å². The van der Waals surface area contributed by atoms with Gasteiger partial charge >= 0.3 is 6.18 Å². The predicted molar refractivity (Wildman–Crippen MR) is 62.3 cm³/mol. The molecule has 102 valence electrons. The Balaban J connectivity index is 2.20. The van der Waals surface area contributed by atoms with Gasteiger partial charge in [0.1, 0.15) is 6.26 Å². The lowest BCUT2D eigenvalue weighted by Crippen LogP contribution is -2.04. The lowest BCUT2D eigenvalue weighted by molar-refractivity contribution is -0.137. The first-order chi connectivity index (χ1) is 8.86. The molecule has 2 rings (SSSR count). The molecule has 19 heavy (non-hydrogen) atoms. The van der Waals surface area contributed by atoms with Gasteiger partial charge < -0.3 is 9.52 Å². The zero-order chi connectivity index (χ0) is 14.0. The van der Waals surface area contributed by atoms with E-state index in [0.29, 0.717) is 17.7 Å². The van der Waals surface area contributed by atoms with Gasteiger partial charge in [-0.15, -0.1) is 0 Å². The molecule has 2 aromatic rings. The van der Waals surface area contributed by atoms with Gasteiger partial charge in [-0.05, 0) is 31.2 Å². The third-order valence-electron chi connectivity index (χ3n) is 2.52. The Morgan fingerprint density at radius 2 is 1.89 bits per heavy atom. The molecule has 1 heterocycles. The maximum Gasteiger partial charge on any atom is 0.416 e. The minimum Gasteiger partial charge on any atom is -0.444 e. The summed E-state index contributed by atoms with van der Waals surface area (Å²) in [6.07, 6.45) is -3.18. The first kappa shape index (κ1) is 13.6. The highest BCUT2D eigenvalue weighted by molar-refractivity contribution is 5.54. The van der Waals surface area contributed by atoms with E-state index < -0.39 is 17.8 Å². The molecule has 0 aliphatic heterocycles. The molecule has 1 aromatic heterocycles. The second kappa shape index (κ2) is 5.05. The third kappa shape index (κ3) is 3.35. The van der Waals surface area contributed by atoms with Crippen molar-refractivity contribution in [3.05, 3.63) is 41.8 Å². The van der Waals surface area contributed by atoms with Crippen molar-refractivity contribution >= 4 is 0 Å². The number of hydrogen-bond donors (Lipinski definition) is 1. The molecule has 1 aromatic carbocycles. The van der Waals surface area contributed by atoms with Crippen LogP contribution in [0.3, 0.4) is 0 Å². The van der Waals surface area contributed by atoms with Crippen molar-refractivity contribution < 1.29 is 22.7 Å². The largest absolute Gasteiger partial charge is 0.444 e. The topological polar surface area (TPSA) is 46.3 Å². The maximum absolute atomic E-state index is 12.4. The summed E-state index contributed by atoms with van der Waals surface area (Å²) >= 11 is 0. The quantitative estimate of drug-likeness (QED) is 0.931. The Hall–Kier alpha value is -1.82. The Kier molecular flexibility index (Phi) is 3.61. The molecule has 0 aliphatic rings. The van der Waals surface area contributed by atoms with Crippen LogP contribution >= 0.6 is 0 Å². The van der Waals surface area contributed by atoms with Gasteiger partial charge in [0.25, 0.3) is 0 Å². The van der Waals surface area contributed by atoms with E-state index in [1.807, 2.05) is 0 Å². The zero-order valence-electron chi connectivity index (χ0n) is 10.1. The van der Waals surface area contributed by atoms with Crippen LogP contribution < -0.4 is 0 Å². The molecule has 1 unspecified atom stereocenters. The fraction of sp³-hybridized carbons (Fsp3) is 0.308. The summed E-state index contributed by atoms with van der Waals surface area (Å²) in [6.45, 7) is 1.62. The number of aromatic nitrogens is 1. The van der Waals surface area contributed by atoms with Gasteiger partial charge in [0.15, 0.2) is 0 Å². The minimum absolute atomic E-state index is 0.240. The molecule has 0 saturated heterocycles. The number of hydrogen-bond acceptors (Lipinski definition) is 3. The SMILES string of the molecule is CC(O)Cc1coc(-c2ccc(C(F)(F)F)cc2)n1. The van der Waals surface area contributed by atoms with Crippen molar-refractivity contribution in [2.75, 3.05) is 0 Å². The van der Waals surface area contributed by atoms with Crippen LogP contribution in [0, 0.1) is 0 Å². The van der Waals surface area contributed by atoms with E-state index in [1.54, 1.807) is 6.92 Å². The van der Waals surface area contributed by atoms with Crippen LogP contribution in [0.4, 0.5) is 13.2 Å². The first-order valence-corrected chi connectivity index (χ1v) is 5.66. The number of oxazole rings is 1. The number of benzene rings is 1. The summed E-state index contributed by atoms with van der Waals surface area (Å²) in [5.41, 5.74) is 0.307. The maximum atomic E-state index is 12.4. The second-order valence-electron chi connectivity index (χ2n) is 4.27. The molecule has 1 atom stereocenters. The molecular weight excluding hydrogens is 259 g/mol. The summed E-state index contributed by atoms with van der Waals surface area (Å²) in [7, 11) is 0. The van der Waals surface area contributed by atoms with Crippen LogP contribution in [0.25, 0.3) is 11.5 Å². The van der Waals surface area contributed by atoms with E-state index in [0.717, 1.165) is 12.1 Å². The van der Waals surface area contributed by atoms with Gasteiger partial charge in [-0.25, -0.2) is 4.98 Å². The van der Waals surface area contributed by atoms with Crippen LogP contribution in [0.15, 0.2) is 34.9 Å². The minimum atomic E-state index is -4.35. The Bertz CT molecular complexity index is 544. The molecule has 6 heteroatoms. The molecule has 0 radical (unpaired) electrons. The van der Waals surface area contributed by atoms with Crippen molar-refractivity contribution in [3.63, 3.8) is 0 Å². The summed E-state index contributed by atoms with van der Waals surface area (Å²) < 4.78 is 42.4. The predicted octanol–water partition coefficient (Wildman–Crippen LogP) is 3.28. The highest BCUT2D eigenvalue weighted by atomic mass is 19.4. The number of nitrogens with zero attached hydrogens (tertiary/aromatic N) is 1. The van der Waals surface area contributed by atoms with E-state index in [2.05, 4.69) is 4.98 Å². The van der Waals surface area contributed by atoms with Crippen molar-refractivity contribution in [2.24, 2.45) is 0 Å².